The van der Waals surface area contributed by atoms with Crippen LogP contribution in [0.4, 0.5) is 5.13 Å². The van der Waals surface area contributed by atoms with Crippen molar-refractivity contribution in [3.05, 3.63) is 33.8 Å². The number of nitrogens with zero attached hydrogens (tertiary/aromatic N) is 4. The Morgan fingerprint density at radius 2 is 2.03 bits per heavy atom. The number of amides is 1. The lowest BCUT2D eigenvalue weighted by molar-refractivity contribution is 0.0376. The van der Waals surface area contributed by atoms with Crippen LogP contribution in [-0.2, 0) is 4.74 Å². The number of hydrogen-bond donors (Lipinski definition) is 0. The summed E-state index contributed by atoms with van der Waals surface area (Å²) in [7, 11) is 1.65. The van der Waals surface area contributed by atoms with Crippen molar-refractivity contribution >= 4 is 43.9 Å². The van der Waals surface area contributed by atoms with Crippen molar-refractivity contribution in [1.29, 1.82) is 0 Å². The van der Waals surface area contributed by atoms with Crippen molar-refractivity contribution in [2.45, 2.75) is 20.3 Å². The first-order chi connectivity index (χ1) is 14.5. The van der Waals surface area contributed by atoms with E-state index < -0.39 is 0 Å². The van der Waals surface area contributed by atoms with Crippen LogP contribution in [0.25, 0.3) is 10.2 Å². The van der Waals surface area contributed by atoms with Crippen molar-refractivity contribution in [2.24, 2.45) is 0 Å². The third kappa shape index (κ3) is 4.64. The molecule has 0 radical (unpaired) electrons. The van der Waals surface area contributed by atoms with Gasteiger partial charge in [-0.2, -0.15) is 0 Å². The molecule has 7 nitrogen and oxygen atoms in total. The van der Waals surface area contributed by atoms with Crippen LogP contribution in [0.1, 0.15) is 26.8 Å². The molecule has 1 aliphatic rings. The van der Waals surface area contributed by atoms with Crippen LogP contribution in [-0.4, -0.2) is 67.3 Å². The predicted molar refractivity (Wildman–Crippen MR) is 121 cm³/mol. The molecule has 160 valence electrons. The fourth-order valence-electron chi connectivity index (χ4n) is 3.55. The molecule has 0 bridgehead atoms. The second-order valence-electron chi connectivity index (χ2n) is 7.24. The average Bonchev–Trinajstić information content (AvgIpc) is 3.33. The van der Waals surface area contributed by atoms with Crippen molar-refractivity contribution in [2.75, 3.05) is 51.4 Å². The van der Waals surface area contributed by atoms with Gasteiger partial charge in [0.1, 0.15) is 10.6 Å². The Hall–Kier alpha value is -2.07. The number of aryl methyl sites for hydroxylation is 2. The summed E-state index contributed by atoms with van der Waals surface area (Å²) in [5, 5.41) is 1.62. The molecule has 0 N–H and O–H groups in total. The Morgan fingerprint density at radius 1 is 1.23 bits per heavy atom. The Bertz CT molecular complexity index is 1030. The summed E-state index contributed by atoms with van der Waals surface area (Å²) in [5.41, 5.74) is 1.66. The minimum Gasteiger partial charge on any atom is -0.497 e. The van der Waals surface area contributed by atoms with Gasteiger partial charge in [-0.25, -0.2) is 9.97 Å². The molecule has 9 heteroatoms. The molecule has 2 aromatic heterocycles. The fraction of sp³-hybridized carbons (Fsp3) is 0.476. The molecule has 1 aromatic carbocycles. The Morgan fingerprint density at radius 3 is 2.73 bits per heavy atom. The number of methoxy groups -OCH3 is 1. The summed E-state index contributed by atoms with van der Waals surface area (Å²) in [6.45, 7) is 8.83. The van der Waals surface area contributed by atoms with E-state index in [1.165, 1.54) is 22.7 Å². The van der Waals surface area contributed by atoms with Gasteiger partial charge in [0.05, 0.1) is 41.2 Å². The SMILES string of the molecule is COc1ccc2nc(N(CCCN3CCOCC3)C(=O)c3sc(C)nc3C)sc2c1. The molecule has 0 atom stereocenters. The molecule has 3 aromatic rings. The van der Waals surface area contributed by atoms with E-state index in [9.17, 15) is 4.79 Å². The van der Waals surface area contributed by atoms with Gasteiger partial charge in [0.15, 0.2) is 5.13 Å². The Balaban J connectivity index is 1.59. The summed E-state index contributed by atoms with van der Waals surface area (Å²) in [6, 6.07) is 5.80. The molecule has 1 saturated heterocycles. The number of carbonyl (C=O) groups is 1. The zero-order chi connectivity index (χ0) is 21.1. The Kier molecular flexibility index (Phi) is 6.62. The van der Waals surface area contributed by atoms with Gasteiger partial charge in [-0.15, -0.1) is 11.3 Å². The summed E-state index contributed by atoms with van der Waals surface area (Å²) < 4.78 is 11.8. The van der Waals surface area contributed by atoms with E-state index in [-0.39, 0.29) is 5.91 Å². The van der Waals surface area contributed by atoms with Gasteiger partial charge in [-0.1, -0.05) is 11.3 Å². The number of ether oxygens (including phenoxy) is 2. The molecule has 1 aliphatic heterocycles. The first-order valence-electron chi connectivity index (χ1n) is 10.1. The molecule has 4 rings (SSSR count). The highest BCUT2D eigenvalue weighted by Gasteiger charge is 2.25. The molecule has 0 aliphatic carbocycles. The topological polar surface area (TPSA) is 67.8 Å². The van der Waals surface area contributed by atoms with E-state index in [1.807, 2.05) is 36.9 Å². The molecule has 1 fully saturated rings. The highest BCUT2D eigenvalue weighted by atomic mass is 32.1. The van der Waals surface area contributed by atoms with Gasteiger partial charge in [0, 0.05) is 26.2 Å². The molecular weight excluding hydrogens is 420 g/mol. The lowest BCUT2D eigenvalue weighted by Gasteiger charge is -2.27. The van der Waals surface area contributed by atoms with Crippen LogP contribution in [0.2, 0.25) is 0 Å². The first-order valence-corrected chi connectivity index (χ1v) is 11.7. The fourth-order valence-corrected chi connectivity index (χ4v) is 5.44. The molecule has 0 unspecified atom stereocenters. The number of aromatic nitrogens is 2. The van der Waals surface area contributed by atoms with Crippen molar-refractivity contribution in [3.8, 4) is 5.75 Å². The lowest BCUT2D eigenvalue weighted by atomic mass is 10.3. The predicted octanol–water partition coefficient (Wildman–Crippen LogP) is 3.75. The number of thiazole rings is 2. The molecule has 30 heavy (non-hydrogen) atoms. The number of morpholine rings is 1. The lowest BCUT2D eigenvalue weighted by Crippen LogP contribution is -2.39. The standard InChI is InChI=1S/C21H26N4O3S2/c1-14-19(29-15(2)22-14)20(26)25(8-4-7-24-9-11-28-12-10-24)21-23-17-6-5-16(27-3)13-18(17)30-21/h5-6,13H,4,7-12H2,1-3H3. The number of rotatable bonds is 7. The maximum absolute atomic E-state index is 13.5. The van der Waals surface area contributed by atoms with Gasteiger partial charge in [0.2, 0.25) is 0 Å². The van der Waals surface area contributed by atoms with E-state index in [2.05, 4.69) is 9.88 Å². The molecule has 3 heterocycles. The molecule has 0 spiro atoms. The van der Waals surface area contributed by atoms with E-state index in [4.69, 9.17) is 14.5 Å². The number of anilines is 1. The summed E-state index contributed by atoms with van der Waals surface area (Å²) >= 11 is 2.97. The largest absolute Gasteiger partial charge is 0.497 e. The van der Waals surface area contributed by atoms with Crippen molar-refractivity contribution in [1.82, 2.24) is 14.9 Å². The first kappa shape index (κ1) is 21.2. The maximum Gasteiger partial charge on any atom is 0.272 e. The van der Waals surface area contributed by atoms with E-state index >= 15 is 0 Å². The zero-order valence-electron chi connectivity index (χ0n) is 17.5. The molecule has 1 amide bonds. The van der Waals surface area contributed by atoms with Crippen molar-refractivity contribution in [3.63, 3.8) is 0 Å². The van der Waals surface area contributed by atoms with Gasteiger partial charge >= 0.3 is 0 Å². The molecular formula is C21H26N4O3S2. The van der Waals surface area contributed by atoms with Gasteiger partial charge < -0.3 is 9.47 Å². The second kappa shape index (κ2) is 9.38. The maximum atomic E-state index is 13.5. The molecule has 0 saturated carbocycles. The highest BCUT2D eigenvalue weighted by molar-refractivity contribution is 7.22. The quantitative estimate of drug-likeness (QED) is 0.551. The minimum absolute atomic E-state index is 0.0221. The second-order valence-corrected chi connectivity index (χ2v) is 9.45. The summed E-state index contributed by atoms with van der Waals surface area (Å²) in [4.78, 5) is 27.6. The zero-order valence-corrected chi connectivity index (χ0v) is 19.1. The average molecular weight is 447 g/mol. The highest BCUT2D eigenvalue weighted by Crippen LogP contribution is 2.33. The number of carbonyl (C=O) groups excluding carboxylic acids is 1. The smallest absolute Gasteiger partial charge is 0.272 e. The minimum atomic E-state index is -0.0221. The normalized spacial score (nSPS) is 14.9. The number of fused-ring (bicyclic) bond motifs is 1. The van der Waals surface area contributed by atoms with Crippen molar-refractivity contribution < 1.29 is 14.3 Å². The van der Waals surface area contributed by atoms with Crippen LogP contribution in [0.3, 0.4) is 0 Å². The van der Waals surface area contributed by atoms with Crippen LogP contribution in [0.5, 0.6) is 5.75 Å². The number of hydrogen-bond acceptors (Lipinski definition) is 8. The van der Waals surface area contributed by atoms with Crippen LogP contribution >= 0.6 is 22.7 Å². The van der Waals surface area contributed by atoms with Crippen LogP contribution < -0.4 is 9.64 Å². The summed E-state index contributed by atoms with van der Waals surface area (Å²) in [6.07, 6.45) is 0.877. The third-order valence-corrected chi connectivity index (χ3v) is 7.22. The monoisotopic (exact) mass is 446 g/mol. The van der Waals surface area contributed by atoms with Crippen LogP contribution in [0, 0.1) is 13.8 Å². The van der Waals surface area contributed by atoms with E-state index in [0.29, 0.717) is 11.4 Å². The van der Waals surface area contributed by atoms with E-state index in [1.54, 1.807) is 7.11 Å². The van der Waals surface area contributed by atoms with Gasteiger partial charge in [0.25, 0.3) is 5.91 Å². The third-order valence-electron chi connectivity index (χ3n) is 5.12. The number of benzene rings is 1. The van der Waals surface area contributed by atoms with Gasteiger partial charge in [-0.3, -0.25) is 14.6 Å². The van der Waals surface area contributed by atoms with E-state index in [0.717, 1.165) is 71.1 Å². The Labute approximate surface area is 184 Å². The van der Waals surface area contributed by atoms with Crippen LogP contribution in [0.15, 0.2) is 18.2 Å². The summed E-state index contributed by atoms with van der Waals surface area (Å²) in [5.74, 6) is 0.767. The van der Waals surface area contributed by atoms with Gasteiger partial charge in [-0.05, 0) is 38.5 Å².